The highest BCUT2D eigenvalue weighted by atomic mass is 16.3. The van der Waals surface area contributed by atoms with Gasteiger partial charge in [-0.2, -0.15) is 0 Å². The van der Waals surface area contributed by atoms with Crippen LogP contribution in [0.1, 0.15) is 78.1 Å². The average molecular weight is 224 g/mol. The Morgan fingerprint density at radius 3 is 1.81 bits per heavy atom. The molecular weight excluding hydrogens is 196 g/mol. The molecule has 1 nitrogen and oxygen atoms in total. The van der Waals surface area contributed by atoms with Crippen molar-refractivity contribution in [2.75, 3.05) is 0 Å². The zero-order chi connectivity index (χ0) is 11.6. The first-order valence-corrected chi connectivity index (χ1v) is 7.24. The fraction of sp³-hybridized carbons (Fsp3) is 1.00. The normalized spacial score (nSPS) is 30.9. The lowest BCUT2D eigenvalue weighted by atomic mass is 9.65. The smallest absolute Gasteiger partial charge is 0.0676 e. The second kappa shape index (κ2) is 4.68. The Balaban J connectivity index is 1.96. The van der Waals surface area contributed by atoms with Gasteiger partial charge >= 0.3 is 0 Å². The summed E-state index contributed by atoms with van der Waals surface area (Å²) in [6, 6.07) is 0. The molecule has 0 amide bonds. The van der Waals surface area contributed by atoms with Crippen molar-refractivity contribution < 1.29 is 5.11 Å². The van der Waals surface area contributed by atoms with Crippen LogP contribution in [0.15, 0.2) is 0 Å². The molecule has 0 saturated heterocycles. The first-order valence-electron chi connectivity index (χ1n) is 7.24. The molecule has 1 heteroatoms. The molecule has 16 heavy (non-hydrogen) atoms. The number of hydrogen-bond donors (Lipinski definition) is 1. The lowest BCUT2D eigenvalue weighted by Gasteiger charge is -2.44. The zero-order valence-electron chi connectivity index (χ0n) is 11.1. The minimum Gasteiger partial charge on any atom is -0.390 e. The Labute approximate surface area is 101 Å². The van der Waals surface area contributed by atoms with E-state index in [1.54, 1.807) is 0 Å². The van der Waals surface area contributed by atoms with Crippen LogP contribution in [0.4, 0.5) is 0 Å². The molecule has 0 aromatic rings. The van der Waals surface area contributed by atoms with E-state index in [2.05, 4.69) is 13.8 Å². The van der Waals surface area contributed by atoms with Gasteiger partial charge in [0.2, 0.25) is 0 Å². The van der Waals surface area contributed by atoms with E-state index in [0.717, 1.165) is 12.8 Å². The van der Waals surface area contributed by atoms with Crippen molar-refractivity contribution in [3.63, 3.8) is 0 Å². The summed E-state index contributed by atoms with van der Waals surface area (Å²) < 4.78 is 0. The maximum absolute atomic E-state index is 10.9. The van der Waals surface area contributed by atoms with Gasteiger partial charge in [-0.25, -0.2) is 0 Å². The van der Waals surface area contributed by atoms with Crippen molar-refractivity contribution in [2.45, 2.75) is 83.7 Å². The van der Waals surface area contributed by atoms with Gasteiger partial charge < -0.3 is 5.11 Å². The topological polar surface area (TPSA) is 20.2 Å². The Bertz CT molecular complexity index is 214. The summed E-state index contributed by atoms with van der Waals surface area (Å²) >= 11 is 0. The quantitative estimate of drug-likeness (QED) is 0.659. The van der Waals surface area contributed by atoms with Crippen LogP contribution in [0.2, 0.25) is 0 Å². The summed E-state index contributed by atoms with van der Waals surface area (Å²) in [6.45, 7) is 4.69. The van der Waals surface area contributed by atoms with E-state index in [1.165, 1.54) is 51.4 Å². The van der Waals surface area contributed by atoms with E-state index in [0.29, 0.717) is 11.3 Å². The molecule has 2 fully saturated rings. The molecule has 2 aliphatic carbocycles. The van der Waals surface area contributed by atoms with Crippen LogP contribution >= 0.6 is 0 Å². The van der Waals surface area contributed by atoms with Crippen LogP contribution < -0.4 is 0 Å². The summed E-state index contributed by atoms with van der Waals surface area (Å²) in [6.07, 6.45) is 12.5. The predicted molar refractivity (Wildman–Crippen MR) is 68.4 cm³/mol. The summed E-state index contributed by atoms with van der Waals surface area (Å²) in [5, 5.41) is 10.9. The van der Waals surface area contributed by atoms with E-state index in [4.69, 9.17) is 0 Å². The van der Waals surface area contributed by atoms with Gasteiger partial charge in [0, 0.05) is 0 Å². The molecule has 0 heterocycles. The van der Waals surface area contributed by atoms with Gasteiger partial charge in [-0.3, -0.25) is 0 Å². The molecule has 0 aliphatic heterocycles. The molecule has 0 aromatic carbocycles. The second-order valence-electron chi connectivity index (χ2n) is 6.96. The highest BCUT2D eigenvalue weighted by molar-refractivity contribution is 4.94. The maximum Gasteiger partial charge on any atom is 0.0676 e. The number of aliphatic hydroxyl groups is 1. The van der Waals surface area contributed by atoms with Crippen LogP contribution in [-0.2, 0) is 0 Å². The Morgan fingerprint density at radius 2 is 1.31 bits per heavy atom. The van der Waals surface area contributed by atoms with E-state index in [1.807, 2.05) is 0 Å². The summed E-state index contributed by atoms with van der Waals surface area (Å²) in [7, 11) is 0. The SMILES string of the molecule is CC1(C)CCC(O)(C2CCCCCC2)CC1. The van der Waals surface area contributed by atoms with E-state index >= 15 is 0 Å². The molecule has 2 aliphatic rings. The van der Waals surface area contributed by atoms with Crippen molar-refractivity contribution in [3.8, 4) is 0 Å². The van der Waals surface area contributed by atoms with Crippen LogP contribution in [0.3, 0.4) is 0 Å². The molecule has 0 unspecified atom stereocenters. The van der Waals surface area contributed by atoms with Crippen LogP contribution in [0, 0.1) is 11.3 Å². The van der Waals surface area contributed by atoms with Gasteiger partial charge in [0.05, 0.1) is 5.60 Å². The molecule has 0 aromatic heterocycles. The van der Waals surface area contributed by atoms with E-state index in [-0.39, 0.29) is 5.60 Å². The third-order valence-corrected chi connectivity index (χ3v) is 5.08. The van der Waals surface area contributed by atoms with Crippen molar-refractivity contribution >= 4 is 0 Å². The lowest BCUT2D eigenvalue weighted by molar-refractivity contribution is -0.0758. The summed E-state index contributed by atoms with van der Waals surface area (Å²) in [4.78, 5) is 0. The van der Waals surface area contributed by atoms with E-state index in [9.17, 15) is 5.11 Å². The summed E-state index contributed by atoms with van der Waals surface area (Å²) in [5.74, 6) is 0.603. The minimum atomic E-state index is -0.306. The Kier molecular flexibility index (Phi) is 3.63. The fourth-order valence-electron chi connectivity index (χ4n) is 3.58. The van der Waals surface area contributed by atoms with Crippen molar-refractivity contribution in [3.05, 3.63) is 0 Å². The van der Waals surface area contributed by atoms with Gasteiger partial charge in [0.25, 0.3) is 0 Å². The van der Waals surface area contributed by atoms with Crippen LogP contribution in [0.25, 0.3) is 0 Å². The third kappa shape index (κ3) is 2.80. The van der Waals surface area contributed by atoms with Crippen molar-refractivity contribution in [1.29, 1.82) is 0 Å². The molecule has 0 atom stereocenters. The zero-order valence-corrected chi connectivity index (χ0v) is 11.1. The van der Waals surface area contributed by atoms with Gasteiger partial charge in [-0.05, 0) is 49.9 Å². The minimum absolute atomic E-state index is 0.306. The standard InChI is InChI=1S/C15H28O/c1-14(2)9-11-15(16,12-10-14)13-7-5-3-4-6-8-13/h13,16H,3-12H2,1-2H3. The fourth-order valence-corrected chi connectivity index (χ4v) is 3.58. The molecule has 0 bridgehead atoms. The highest BCUT2D eigenvalue weighted by Gasteiger charge is 2.41. The molecule has 0 radical (unpaired) electrons. The largest absolute Gasteiger partial charge is 0.390 e. The average Bonchev–Trinajstić information content (AvgIpc) is 2.52. The van der Waals surface area contributed by atoms with Crippen LogP contribution in [0.5, 0.6) is 0 Å². The summed E-state index contributed by atoms with van der Waals surface area (Å²) in [5.41, 5.74) is 0.164. The Morgan fingerprint density at radius 1 is 0.812 bits per heavy atom. The van der Waals surface area contributed by atoms with Gasteiger partial charge in [-0.1, -0.05) is 39.5 Å². The molecule has 0 spiro atoms. The molecule has 1 N–H and O–H groups in total. The number of hydrogen-bond acceptors (Lipinski definition) is 1. The molecular formula is C15H28O. The van der Waals surface area contributed by atoms with Crippen molar-refractivity contribution in [1.82, 2.24) is 0 Å². The molecule has 2 saturated carbocycles. The predicted octanol–water partition coefficient (Wildman–Crippen LogP) is 4.29. The third-order valence-electron chi connectivity index (χ3n) is 5.08. The molecule has 94 valence electrons. The van der Waals surface area contributed by atoms with E-state index < -0.39 is 0 Å². The van der Waals surface area contributed by atoms with Crippen LogP contribution in [-0.4, -0.2) is 10.7 Å². The highest BCUT2D eigenvalue weighted by Crippen LogP contribution is 2.46. The Hall–Kier alpha value is -0.0400. The van der Waals surface area contributed by atoms with Gasteiger partial charge in [0.15, 0.2) is 0 Å². The van der Waals surface area contributed by atoms with Gasteiger partial charge in [-0.15, -0.1) is 0 Å². The second-order valence-corrected chi connectivity index (χ2v) is 6.96. The first kappa shape index (κ1) is 12.4. The molecule has 2 rings (SSSR count). The van der Waals surface area contributed by atoms with Crippen molar-refractivity contribution in [2.24, 2.45) is 11.3 Å². The lowest BCUT2D eigenvalue weighted by Crippen LogP contribution is -2.43. The first-order chi connectivity index (χ1) is 7.52. The van der Waals surface area contributed by atoms with Gasteiger partial charge in [0.1, 0.15) is 0 Å². The number of rotatable bonds is 1. The monoisotopic (exact) mass is 224 g/mol. The maximum atomic E-state index is 10.9.